The van der Waals surface area contributed by atoms with Crippen LogP contribution >= 0.6 is 0 Å². The van der Waals surface area contributed by atoms with Gasteiger partial charge in [-0.15, -0.1) is 0 Å². The van der Waals surface area contributed by atoms with Gasteiger partial charge in [-0.25, -0.2) is 4.85 Å². The molecule has 61 heavy (non-hydrogen) atoms. The summed E-state index contributed by atoms with van der Waals surface area (Å²) >= 11 is 0. The van der Waals surface area contributed by atoms with Crippen molar-refractivity contribution < 1.29 is 0 Å². The highest BCUT2D eigenvalue weighted by molar-refractivity contribution is 6.32. The zero-order valence-corrected chi connectivity index (χ0v) is 32.6. The van der Waals surface area contributed by atoms with Gasteiger partial charge in [0.2, 0.25) is 5.69 Å². The Hall–Kier alpha value is -8.64. The first-order chi connectivity index (χ1) is 30.2. The fraction of sp³-hybridized carbons (Fsp3) is 0. The Labute approximate surface area is 349 Å². The molecule has 0 aliphatic heterocycles. The summed E-state index contributed by atoms with van der Waals surface area (Å²) in [5, 5.41) is 24.9. The number of hydrogen-bond donors (Lipinski definition) is 0. The lowest BCUT2D eigenvalue weighted by Crippen LogP contribution is -2.02. The summed E-state index contributed by atoms with van der Waals surface area (Å²) in [5.41, 5.74) is 9.60. The minimum absolute atomic E-state index is 0.464. The van der Waals surface area contributed by atoms with Gasteiger partial charge in [0.1, 0.15) is 6.07 Å². The van der Waals surface area contributed by atoms with Crippen LogP contribution in [0.3, 0.4) is 0 Å². The molecule has 0 spiro atoms. The third kappa shape index (κ3) is 4.47. The van der Waals surface area contributed by atoms with Crippen LogP contribution in [0.15, 0.2) is 188 Å². The maximum atomic E-state index is 11.2. The zero-order valence-electron chi connectivity index (χ0n) is 32.6. The average Bonchev–Trinajstić information content (AvgIpc) is 3.97. The van der Waals surface area contributed by atoms with E-state index in [0.29, 0.717) is 22.6 Å². The minimum Gasteiger partial charge on any atom is -0.318 e. The Morgan fingerprint density at radius 1 is 0.393 bits per heavy atom. The molecular formula is C56H31N5. The first kappa shape index (κ1) is 33.3. The summed E-state index contributed by atoms with van der Waals surface area (Å²) < 4.78 is 6.76. The minimum atomic E-state index is 0.464. The largest absolute Gasteiger partial charge is 0.318 e. The van der Waals surface area contributed by atoms with E-state index in [9.17, 15) is 5.26 Å². The standard InChI is InChI=1S/C56H31N5/c1-58-46-32-52(35(33-57)30-53(46)61-49-25-13-10-22-44(49)55-42-20-6-4-16-38(42)39-17-5-7-21-43(39)56(55)61)60-50-29-27-36(31-45(50)54-37-15-3-2-14-34(37)26-28-51(54)60)59-47-23-11-8-18-40(47)41-19-9-12-24-48(41)59/h2-32H. The summed E-state index contributed by atoms with van der Waals surface area (Å²) in [6.45, 7) is 8.74. The van der Waals surface area contributed by atoms with E-state index in [-0.39, 0.29) is 0 Å². The Bertz CT molecular complexity index is 4090. The predicted octanol–water partition coefficient (Wildman–Crippen LogP) is 14.9. The highest BCUT2D eigenvalue weighted by Crippen LogP contribution is 2.46. The van der Waals surface area contributed by atoms with E-state index in [2.05, 4.69) is 201 Å². The SMILES string of the molecule is [C-]#[N+]c1cc(-n2c3ccc(-n4c5ccccc5c5ccccc54)cc3c3c4ccccc4ccc32)c(C#N)cc1-n1c2ccccc2c2c3ccccc3c3ccccc3c21. The second kappa shape index (κ2) is 12.4. The van der Waals surface area contributed by atoms with Crippen LogP contribution in [0.25, 0.3) is 120 Å². The molecule has 0 radical (unpaired) electrons. The molecule has 0 N–H and O–H groups in total. The highest BCUT2D eigenvalue weighted by Gasteiger charge is 2.24. The van der Waals surface area contributed by atoms with E-state index in [1.54, 1.807) is 0 Å². The fourth-order valence-corrected chi connectivity index (χ4v) is 10.4. The molecule has 3 aromatic heterocycles. The van der Waals surface area contributed by atoms with Crippen molar-refractivity contribution in [3.63, 3.8) is 0 Å². The second-order valence-electron chi connectivity index (χ2n) is 15.8. The number of aromatic nitrogens is 3. The zero-order chi connectivity index (χ0) is 40.3. The lowest BCUT2D eigenvalue weighted by molar-refractivity contribution is 1.14. The molecule has 13 rings (SSSR count). The normalized spacial score (nSPS) is 11.9. The van der Waals surface area contributed by atoms with Crippen LogP contribution in [0, 0.1) is 17.9 Å². The third-order valence-electron chi connectivity index (χ3n) is 12.8. The monoisotopic (exact) mass is 773 g/mol. The molecule has 0 saturated heterocycles. The molecule has 0 saturated carbocycles. The van der Waals surface area contributed by atoms with Crippen molar-refractivity contribution in [3.8, 4) is 23.1 Å². The molecule has 0 unspecified atom stereocenters. The Morgan fingerprint density at radius 2 is 0.934 bits per heavy atom. The molecule has 0 atom stereocenters. The number of hydrogen-bond acceptors (Lipinski definition) is 1. The van der Waals surface area contributed by atoms with Crippen LogP contribution in [0.5, 0.6) is 0 Å². The van der Waals surface area contributed by atoms with Crippen molar-refractivity contribution >= 4 is 103 Å². The van der Waals surface area contributed by atoms with Gasteiger partial charge in [-0.1, -0.05) is 133 Å². The summed E-state index contributed by atoms with van der Waals surface area (Å²) in [4.78, 5) is 4.25. The predicted molar refractivity (Wildman–Crippen MR) is 253 cm³/mol. The van der Waals surface area contributed by atoms with Gasteiger partial charge in [-0.2, -0.15) is 5.26 Å². The van der Waals surface area contributed by atoms with Crippen LogP contribution in [-0.2, 0) is 0 Å². The van der Waals surface area contributed by atoms with E-state index in [4.69, 9.17) is 6.57 Å². The van der Waals surface area contributed by atoms with Crippen molar-refractivity contribution in [2.24, 2.45) is 0 Å². The van der Waals surface area contributed by atoms with Crippen LogP contribution in [0.1, 0.15) is 5.56 Å². The van der Waals surface area contributed by atoms with E-state index in [1.807, 2.05) is 12.1 Å². The number of rotatable bonds is 3. The van der Waals surface area contributed by atoms with Crippen molar-refractivity contribution in [2.45, 2.75) is 0 Å². The maximum Gasteiger partial charge on any atom is 0.212 e. The van der Waals surface area contributed by atoms with Crippen LogP contribution in [0.4, 0.5) is 5.69 Å². The van der Waals surface area contributed by atoms with Gasteiger partial charge in [0.25, 0.3) is 0 Å². The molecule has 0 aliphatic carbocycles. The number of fused-ring (bicyclic) bond motifs is 16. The lowest BCUT2D eigenvalue weighted by atomic mass is 9.97. The molecular weight excluding hydrogens is 743 g/mol. The fourth-order valence-electron chi connectivity index (χ4n) is 10.4. The third-order valence-corrected chi connectivity index (χ3v) is 12.8. The number of nitrogens with zero attached hydrogens (tertiary/aromatic N) is 5. The van der Waals surface area contributed by atoms with Crippen molar-refractivity contribution in [3.05, 3.63) is 205 Å². The van der Waals surface area contributed by atoms with E-state index < -0.39 is 0 Å². The quantitative estimate of drug-likeness (QED) is 0.130. The first-order valence-corrected chi connectivity index (χ1v) is 20.5. The van der Waals surface area contributed by atoms with Gasteiger partial charge in [-0.3, -0.25) is 0 Å². The van der Waals surface area contributed by atoms with E-state index >= 15 is 0 Å². The van der Waals surface area contributed by atoms with Crippen molar-refractivity contribution in [1.29, 1.82) is 5.26 Å². The Morgan fingerprint density at radius 3 is 1.62 bits per heavy atom. The second-order valence-corrected chi connectivity index (χ2v) is 15.8. The average molecular weight is 774 g/mol. The van der Waals surface area contributed by atoms with Gasteiger partial charge in [0.05, 0.1) is 56.6 Å². The van der Waals surface area contributed by atoms with Crippen LogP contribution in [0.2, 0.25) is 0 Å². The number of para-hydroxylation sites is 3. The van der Waals surface area contributed by atoms with Gasteiger partial charge in [-0.05, 0) is 81.5 Å². The molecule has 5 nitrogen and oxygen atoms in total. The molecule has 0 bridgehead atoms. The molecule has 0 aliphatic rings. The summed E-state index contributed by atoms with van der Waals surface area (Å²) in [6.07, 6.45) is 0. The van der Waals surface area contributed by atoms with Crippen molar-refractivity contribution in [2.75, 3.05) is 0 Å². The molecule has 280 valence electrons. The van der Waals surface area contributed by atoms with Gasteiger partial charge in [0, 0.05) is 43.4 Å². The van der Waals surface area contributed by atoms with Gasteiger partial charge < -0.3 is 13.7 Å². The number of benzene rings is 10. The van der Waals surface area contributed by atoms with Crippen LogP contribution in [-0.4, -0.2) is 13.7 Å². The van der Waals surface area contributed by atoms with E-state index in [1.165, 1.54) is 16.2 Å². The molecule has 13 aromatic rings. The topological polar surface area (TPSA) is 42.9 Å². The maximum absolute atomic E-state index is 11.2. The van der Waals surface area contributed by atoms with Crippen molar-refractivity contribution in [1.82, 2.24) is 13.7 Å². The Balaban J connectivity index is 1.13. The lowest BCUT2D eigenvalue weighted by Gasteiger charge is -2.17. The highest BCUT2D eigenvalue weighted by atomic mass is 15.0. The van der Waals surface area contributed by atoms with E-state index in [0.717, 1.165) is 87.3 Å². The number of nitriles is 1. The van der Waals surface area contributed by atoms with Gasteiger partial charge >= 0.3 is 0 Å². The smallest absolute Gasteiger partial charge is 0.212 e. The molecule has 10 aromatic carbocycles. The van der Waals surface area contributed by atoms with Gasteiger partial charge in [0.15, 0.2) is 0 Å². The van der Waals surface area contributed by atoms with Crippen LogP contribution < -0.4 is 0 Å². The molecule has 5 heteroatoms. The summed E-state index contributed by atoms with van der Waals surface area (Å²) in [5.74, 6) is 0. The summed E-state index contributed by atoms with van der Waals surface area (Å²) in [6, 6.07) is 68.6. The Kier molecular flexibility index (Phi) is 6.80. The summed E-state index contributed by atoms with van der Waals surface area (Å²) in [7, 11) is 0. The molecule has 0 amide bonds. The molecule has 3 heterocycles. The molecule has 0 fully saturated rings. The first-order valence-electron chi connectivity index (χ1n) is 20.5.